The molecule has 7 heteroatoms. The number of halogens is 1. The summed E-state index contributed by atoms with van der Waals surface area (Å²) < 4.78 is 2.11. The van der Waals surface area contributed by atoms with E-state index in [0.29, 0.717) is 5.69 Å². The molecule has 1 heterocycles. The first-order valence-electron chi connectivity index (χ1n) is 5.03. The average Bonchev–Trinajstić information content (AvgIpc) is 2.80. The molecule has 1 aromatic heterocycles. The lowest BCUT2D eigenvalue weighted by atomic mass is 10.3. The van der Waals surface area contributed by atoms with Gasteiger partial charge in [-0.05, 0) is 28.1 Å². The van der Waals surface area contributed by atoms with Gasteiger partial charge in [0.15, 0.2) is 0 Å². The molecule has 2 rings (SSSR count). The molecule has 0 aliphatic carbocycles. The fourth-order valence-electron chi connectivity index (χ4n) is 1.32. The monoisotopic (exact) mass is 305 g/mol. The second-order valence-electron chi connectivity index (χ2n) is 3.41. The maximum Gasteiger partial charge on any atom is 0.252 e. The van der Waals surface area contributed by atoms with Gasteiger partial charge in [0.05, 0.1) is 5.69 Å². The van der Waals surface area contributed by atoms with E-state index in [4.69, 9.17) is 5.26 Å². The summed E-state index contributed by atoms with van der Waals surface area (Å²) in [5.41, 5.74) is 0.683. The summed E-state index contributed by atoms with van der Waals surface area (Å²) in [5.74, 6) is -0.194. The Morgan fingerprint density at radius 3 is 2.94 bits per heavy atom. The van der Waals surface area contributed by atoms with Crippen LogP contribution in [0.1, 0.15) is 5.82 Å². The molecular weight excluding hydrogens is 298 g/mol. The summed E-state index contributed by atoms with van der Waals surface area (Å²) in [5, 5.41) is 15.1. The molecule has 0 unspecified atom stereocenters. The molecule has 18 heavy (non-hydrogen) atoms. The minimum absolute atomic E-state index is 0.00993. The van der Waals surface area contributed by atoms with Crippen molar-refractivity contribution in [3.05, 3.63) is 40.9 Å². The Kier molecular flexibility index (Phi) is 3.69. The van der Waals surface area contributed by atoms with Gasteiger partial charge in [0.2, 0.25) is 5.91 Å². The van der Waals surface area contributed by atoms with Gasteiger partial charge in [-0.2, -0.15) is 5.26 Å². The summed E-state index contributed by atoms with van der Waals surface area (Å²) in [6, 6.07) is 9.09. The van der Waals surface area contributed by atoms with Crippen LogP contribution in [0.15, 0.2) is 35.1 Å². The summed E-state index contributed by atoms with van der Waals surface area (Å²) in [4.78, 5) is 15.4. The first kappa shape index (κ1) is 12.3. The average molecular weight is 306 g/mol. The minimum Gasteiger partial charge on any atom is -0.323 e. The maximum absolute atomic E-state index is 11.7. The molecule has 90 valence electrons. The lowest BCUT2D eigenvalue weighted by molar-refractivity contribution is -0.116. The van der Waals surface area contributed by atoms with E-state index in [2.05, 4.69) is 31.3 Å². The molecular formula is C11H8BrN5O. The van der Waals surface area contributed by atoms with Crippen LogP contribution in [0.25, 0.3) is 0 Å². The third-order valence-corrected chi connectivity index (χ3v) is 2.78. The Morgan fingerprint density at radius 1 is 1.50 bits per heavy atom. The number of amides is 1. The van der Waals surface area contributed by atoms with Crippen LogP contribution in [0.2, 0.25) is 0 Å². The highest BCUT2D eigenvalue weighted by Gasteiger charge is 2.07. The molecule has 0 radical (unpaired) electrons. The number of carbonyl (C=O) groups excluding carboxylic acids is 1. The van der Waals surface area contributed by atoms with Gasteiger partial charge in [-0.15, -0.1) is 5.10 Å². The number of hydrogen-bond acceptors (Lipinski definition) is 4. The largest absolute Gasteiger partial charge is 0.323 e. The highest BCUT2D eigenvalue weighted by Crippen LogP contribution is 2.20. The molecule has 0 saturated heterocycles. The van der Waals surface area contributed by atoms with E-state index >= 15 is 0 Å². The summed E-state index contributed by atoms with van der Waals surface area (Å²) in [6.45, 7) is 0.00993. The van der Waals surface area contributed by atoms with Crippen molar-refractivity contribution < 1.29 is 4.79 Å². The second-order valence-corrected chi connectivity index (χ2v) is 4.26. The van der Waals surface area contributed by atoms with Crippen LogP contribution < -0.4 is 5.32 Å². The molecule has 1 aromatic carbocycles. The minimum atomic E-state index is -0.240. The van der Waals surface area contributed by atoms with Gasteiger partial charge in [-0.1, -0.05) is 12.1 Å². The normalized spacial score (nSPS) is 9.78. The molecule has 6 nitrogen and oxygen atoms in total. The Hall–Kier alpha value is -2.20. The number of nitriles is 1. The van der Waals surface area contributed by atoms with Crippen LogP contribution in [0.4, 0.5) is 5.69 Å². The summed E-state index contributed by atoms with van der Waals surface area (Å²) in [7, 11) is 0. The van der Waals surface area contributed by atoms with Crippen molar-refractivity contribution in [2.45, 2.75) is 6.54 Å². The number of para-hydroxylation sites is 1. The first-order chi connectivity index (χ1) is 8.69. The fourth-order valence-corrected chi connectivity index (χ4v) is 1.71. The topological polar surface area (TPSA) is 83.6 Å². The molecule has 0 bridgehead atoms. The van der Waals surface area contributed by atoms with E-state index in [9.17, 15) is 4.79 Å². The van der Waals surface area contributed by atoms with Gasteiger partial charge < -0.3 is 5.32 Å². The van der Waals surface area contributed by atoms with Crippen LogP contribution in [-0.4, -0.2) is 20.7 Å². The smallest absolute Gasteiger partial charge is 0.252 e. The molecule has 0 spiro atoms. The fraction of sp³-hybridized carbons (Fsp3) is 0.0909. The number of carbonyl (C=O) groups is 1. The van der Waals surface area contributed by atoms with Crippen molar-refractivity contribution in [2.24, 2.45) is 0 Å². The number of hydrogen-bond donors (Lipinski definition) is 1. The lowest BCUT2D eigenvalue weighted by Gasteiger charge is -2.06. The van der Waals surface area contributed by atoms with Gasteiger partial charge >= 0.3 is 0 Å². The molecule has 0 aliphatic heterocycles. The van der Waals surface area contributed by atoms with Crippen molar-refractivity contribution in [3.8, 4) is 6.07 Å². The Bertz CT molecular complexity index is 616. The third-order valence-electron chi connectivity index (χ3n) is 2.09. The molecule has 0 atom stereocenters. The van der Waals surface area contributed by atoms with Crippen LogP contribution in [0.5, 0.6) is 0 Å². The SMILES string of the molecule is N#Cc1ncn(CC(=O)Nc2ccccc2Br)n1. The lowest BCUT2D eigenvalue weighted by Crippen LogP contribution is -2.19. The van der Waals surface area contributed by atoms with E-state index in [1.54, 1.807) is 12.1 Å². The van der Waals surface area contributed by atoms with Crippen LogP contribution in [0, 0.1) is 11.3 Å². The predicted octanol–water partition coefficient (Wildman–Crippen LogP) is 1.55. The van der Waals surface area contributed by atoms with Gasteiger partial charge in [0, 0.05) is 4.47 Å². The second kappa shape index (κ2) is 5.42. The van der Waals surface area contributed by atoms with Gasteiger partial charge in [-0.3, -0.25) is 4.79 Å². The van der Waals surface area contributed by atoms with Crippen LogP contribution in [-0.2, 0) is 11.3 Å². The Morgan fingerprint density at radius 2 is 2.28 bits per heavy atom. The van der Waals surface area contributed by atoms with E-state index in [0.717, 1.165) is 4.47 Å². The van der Waals surface area contributed by atoms with E-state index in [1.807, 2.05) is 18.2 Å². The number of benzene rings is 1. The van der Waals surface area contributed by atoms with Crippen molar-refractivity contribution >= 4 is 27.5 Å². The van der Waals surface area contributed by atoms with Crippen LogP contribution >= 0.6 is 15.9 Å². The molecule has 2 aromatic rings. The Labute approximate surface area is 111 Å². The van der Waals surface area contributed by atoms with E-state index in [-0.39, 0.29) is 18.3 Å². The van der Waals surface area contributed by atoms with Gasteiger partial charge in [0.25, 0.3) is 5.82 Å². The molecule has 0 aliphatic rings. The maximum atomic E-state index is 11.7. The zero-order chi connectivity index (χ0) is 13.0. The molecule has 0 saturated carbocycles. The van der Waals surface area contributed by atoms with Crippen molar-refractivity contribution in [3.63, 3.8) is 0 Å². The first-order valence-corrected chi connectivity index (χ1v) is 5.82. The van der Waals surface area contributed by atoms with Crippen molar-refractivity contribution in [2.75, 3.05) is 5.32 Å². The zero-order valence-electron chi connectivity index (χ0n) is 9.17. The van der Waals surface area contributed by atoms with Crippen molar-refractivity contribution in [1.29, 1.82) is 5.26 Å². The predicted molar refractivity (Wildman–Crippen MR) is 67.5 cm³/mol. The highest BCUT2D eigenvalue weighted by molar-refractivity contribution is 9.10. The summed E-state index contributed by atoms with van der Waals surface area (Å²) in [6.07, 6.45) is 1.35. The molecule has 1 amide bonds. The quantitative estimate of drug-likeness (QED) is 0.932. The number of aromatic nitrogens is 3. The molecule has 0 fully saturated rings. The third kappa shape index (κ3) is 2.93. The number of nitrogens with zero attached hydrogens (tertiary/aromatic N) is 4. The van der Waals surface area contributed by atoms with Crippen molar-refractivity contribution in [1.82, 2.24) is 14.8 Å². The Balaban J connectivity index is 2.01. The number of nitrogens with one attached hydrogen (secondary N) is 1. The van der Waals surface area contributed by atoms with E-state index in [1.165, 1.54) is 11.0 Å². The molecule has 1 N–H and O–H groups in total. The standard InChI is InChI=1S/C11H8BrN5O/c12-8-3-1-2-4-9(8)15-11(18)6-17-7-14-10(5-13)16-17/h1-4,7H,6H2,(H,15,18). The number of anilines is 1. The number of rotatable bonds is 3. The summed E-state index contributed by atoms with van der Waals surface area (Å²) >= 11 is 3.33. The van der Waals surface area contributed by atoms with E-state index < -0.39 is 0 Å². The van der Waals surface area contributed by atoms with Gasteiger partial charge in [0.1, 0.15) is 18.9 Å². The highest BCUT2D eigenvalue weighted by atomic mass is 79.9. The zero-order valence-corrected chi connectivity index (χ0v) is 10.8. The van der Waals surface area contributed by atoms with Gasteiger partial charge in [-0.25, -0.2) is 9.67 Å². The van der Waals surface area contributed by atoms with Crippen LogP contribution in [0.3, 0.4) is 0 Å².